The summed E-state index contributed by atoms with van der Waals surface area (Å²) in [5, 5.41) is 2.06. The summed E-state index contributed by atoms with van der Waals surface area (Å²) < 4.78 is 7.32. The van der Waals surface area contributed by atoms with Gasteiger partial charge in [0.25, 0.3) is 0 Å². The first kappa shape index (κ1) is 24.8. The Bertz CT molecular complexity index is 2330. The molecule has 0 aliphatic rings. The van der Waals surface area contributed by atoms with Gasteiger partial charge >= 0.3 is 0 Å². The number of benzene rings is 5. The summed E-state index contributed by atoms with van der Waals surface area (Å²) in [6.07, 6.45) is 0. The molecule has 0 bridgehead atoms. The highest BCUT2D eigenvalue weighted by molar-refractivity contribution is 7.25. The summed E-state index contributed by atoms with van der Waals surface area (Å²) >= 11 is 1.68. The fraction of sp³-hybridized carbons (Fsp3) is 0. The zero-order valence-corrected chi connectivity index (χ0v) is 24.1. The molecule has 5 aromatic carbocycles. The average Bonchev–Trinajstić information content (AvgIpc) is 3.65. The SMILES string of the molecule is c1ccc(-c2nc3oc4ccccc4c3nc2-c2cccc(-c3nc4c(nc3-c3ccccc3)sc3ccccc34)c2)cc1. The van der Waals surface area contributed by atoms with Gasteiger partial charge in [0.15, 0.2) is 0 Å². The maximum Gasteiger partial charge on any atom is 0.246 e. The van der Waals surface area contributed by atoms with Crippen molar-refractivity contribution in [3.63, 3.8) is 0 Å². The zero-order chi connectivity index (χ0) is 29.0. The van der Waals surface area contributed by atoms with Crippen molar-refractivity contribution in [1.82, 2.24) is 19.9 Å². The highest BCUT2D eigenvalue weighted by Gasteiger charge is 2.20. The van der Waals surface area contributed by atoms with E-state index in [1.165, 1.54) is 4.70 Å². The molecular weight excluding hydrogens is 561 g/mol. The van der Waals surface area contributed by atoms with Crippen molar-refractivity contribution in [2.45, 2.75) is 0 Å². The van der Waals surface area contributed by atoms with Crippen molar-refractivity contribution in [1.29, 1.82) is 0 Å². The van der Waals surface area contributed by atoms with Gasteiger partial charge in [-0.25, -0.2) is 19.9 Å². The maximum atomic E-state index is 6.14. The van der Waals surface area contributed by atoms with Crippen LogP contribution >= 0.6 is 11.3 Å². The van der Waals surface area contributed by atoms with E-state index in [1.54, 1.807) is 11.3 Å². The number of nitrogens with zero attached hydrogens (tertiary/aromatic N) is 4. The van der Waals surface area contributed by atoms with E-state index in [-0.39, 0.29) is 0 Å². The molecule has 0 saturated carbocycles. The largest absolute Gasteiger partial charge is 0.436 e. The van der Waals surface area contributed by atoms with E-state index in [9.17, 15) is 0 Å². The van der Waals surface area contributed by atoms with Crippen molar-refractivity contribution >= 4 is 54.0 Å². The van der Waals surface area contributed by atoms with Crippen LogP contribution in [0.5, 0.6) is 0 Å². The Morgan fingerprint density at radius 1 is 0.432 bits per heavy atom. The van der Waals surface area contributed by atoms with Crippen LogP contribution in [-0.4, -0.2) is 19.9 Å². The minimum absolute atomic E-state index is 0.525. The molecule has 4 aromatic heterocycles. The third-order valence-electron chi connectivity index (χ3n) is 7.93. The normalized spacial score (nSPS) is 11.6. The predicted molar refractivity (Wildman–Crippen MR) is 180 cm³/mol. The monoisotopic (exact) mass is 582 g/mol. The molecule has 6 heteroatoms. The van der Waals surface area contributed by atoms with Crippen LogP contribution in [0.15, 0.2) is 138 Å². The molecule has 0 radical (unpaired) electrons. The third kappa shape index (κ3) is 4.00. The van der Waals surface area contributed by atoms with Crippen LogP contribution in [0.3, 0.4) is 0 Å². The van der Waals surface area contributed by atoms with E-state index in [2.05, 4.69) is 72.8 Å². The molecule has 0 aliphatic heterocycles. The third-order valence-corrected chi connectivity index (χ3v) is 8.98. The highest BCUT2D eigenvalue weighted by atomic mass is 32.1. The smallest absolute Gasteiger partial charge is 0.246 e. The lowest BCUT2D eigenvalue weighted by Crippen LogP contribution is -1.96. The van der Waals surface area contributed by atoms with Crippen LogP contribution in [-0.2, 0) is 0 Å². The molecule has 0 N–H and O–H groups in total. The molecule has 5 nitrogen and oxygen atoms in total. The molecule has 0 fully saturated rings. The lowest BCUT2D eigenvalue weighted by molar-refractivity contribution is 0.653. The van der Waals surface area contributed by atoms with Crippen LogP contribution in [0.1, 0.15) is 0 Å². The Hall–Kier alpha value is -5.72. The van der Waals surface area contributed by atoms with E-state index in [0.29, 0.717) is 5.71 Å². The minimum atomic E-state index is 0.525. The molecule has 0 unspecified atom stereocenters. The van der Waals surface area contributed by atoms with Gasteiger partial charge in [0, 0.05) is 37.7 Å². The fourth-order valence-corrected chi connectivity index (χ4v) is 6.87. The second-order valence-electron chi connectivity index (χ2n) is 10.7. The highest BCUT2D eigenvalue weighted by Crippen LogP contribution is 2.40. The van der Waals surface area contributed by atoms with E-state index < -0.39 is 0 Å². The summed E-state index contributed by atoms with van der Waals surface area (Å²) in [5.74, 6) is 0. The van der Waals surface area contributed by atoms with Gasteiger partial charge in [-0.3, -0.25) is 0 Å². The number of hydrogen-bond donors (Lipinski definition) is 0. The van der Waals surface area contributed by atoms with Gasteiger partial charge in [-0.2, -0.15) is 0 Å². The Morgan fingerprint density at radius 2 is 0.977 bits per heavy atom. The molecule has 0 aliphatic carbocycles. The molecule has 0 amide bonds. The van der Waals surface area contributed by atoms with Crippen molar-refractivity contribution in [3.8, 4) is 45.0 Å². The van der Waals surface area contributed by atoms with Crippen LogP contribution in [0, 0.1) is 0 Å². The predicted octanol–water partition coefficient (Wildman–Crippen LogP) is 10.2. The van der Waals surface area contributed by atoms with Crippen LogP contribution in [0.4, 0.5) is 0 Å². The second kappa shape index (κ2) is 9.93. The molecule has 0 atom stereocenters. The van der Waals surface area contributed by atoms with Gasteiger partial charge in [-0.05, 0) is 24.3 Å². The van der Waals surface area contributed by atoms with Gasteiger partial charge in [0.05, 0.1) is 17.1 Å². The van der Waals surface area contributed by atoms with E-state index in [0.717, 1.165) is 77.2 Å². The Kier molecular flexibility index (Phi) is 5.61. The minimum Gasteiger partial charge on any atom is -0.436 e. The lowest BCUT2D eigenvalue weighted by Gasteiger charge is -2.12. The second-order valence-corrected chi connectivity index (χ2v) is 11.7. The number of aromatic nitrogens is 4. The van der Waals surface area contributed by atoms with Gasteiger partial charge in [-0.15, -0.1) is 11.3 Å². The van der Waals surface area contributed by atoms with Crippen LogP contribution in [0.2, 0.25) is 0 Å². The molecular formula is C38H22N4OS. The molecule has 206 valence electrons. The Labute approximate surface area is 256 Å². The van der Waals surface area contributed by atoms with Gasteiger partial charge in [0.1, 0.15) is 27.1 Å². The summed E-state index contributed by atoms with van der Waals surface area (Å²) in [5.41, 5.74) is 10.1. The number of furan rings is 1. The number of fused-ring (bicyclic) bond motifs is 6. The van der Waals surface area contributed by atoms with E-state index >= 15 is 0 Å². The summed E-state index contributed by atoms with van der Waals surface area (Å²) in [6.45, 7) is 0. The maximum absolute atomic E-state index is 6.14. The number of hydrogen-bond acceptors (Lipinski definition) is 6. The van der Waals surface area contributed by atoms with Gasteiger partial charge in [-0.1, -0.05) is 109 Å². The first-order valence-electron chi connectivity index (χ1n) is 14.4. The summed E-state index contributed by atoms with van der Waals surface area (Å²) in [4.78, 5) is 21.7. The van der Waals surface area contributed by atoms with Crippen LogP contribution < -0.4 is 0 Å². The molecule has 9 rings (SSSR count). The zero-order valence-electron chi connectivity index (χ0n) is 23.3. The lowest BCUT2D eigenvalue weighted by atomic mass is 9.98. The van der Waals surface area contributed by atoms with E-state index in [4.69, 9.17) is 24.4 Å². The Morgan fingerprint density at radius 3 is 1.70 bits per heavy atom. The van der Waals surface area contributed by atoms with E-state index in [1.807, 2.05) is 60.7 Å². The summed E-state index contributed by atoms with van der Waals surface area (Å²) in [7, 11) is 0. The standard InChI is InChI=1S/C38H22N4OS/c1-3-12-23(13-4-1)31-33(39-35-27-18-7-9-20-29(27)43-37(35)41-31)25-16-11-17-26(22-25)34-32(24-14-5-2-6-15-24)42-38-36(40-34)28-19-8-10-21-30(28)44-38/h1-22H. The van der Waals surface area contributed by atoms with Crippen molar-refractivity contribution in [2.24, 2.45) is 0 Å². The first-order valence-corrected chi connectivity index (χ1v) is 15.2. The molecule has 0 saturated heterocycles. The molecule has 9 aromatic rings. The molecule has 4 heterocycles. The number of thiophene rings is 1. The topological polar surface area (TPSA) is 64.7 Å². The quantitative estimate of drug-likeness (QED) is 0.207. The van der Waals surface area contributed by atoms with Crippen molar-refractivity contribution in [3.05, 3.63) is 133 Å². The molecule has 44 heavy (non-hydrogen) atoms. The average molecular weight is 583 g/mol. The number of para-hydroxylation sites is 1. The summed E-state index contributed by atoms with van der Waals surface area (Å²) in [6, 6.07) is 45.1. The van der Waals surface area contributed by atoms with Crippen molar-refractivity contribution in [2.75, 3.05) is 0 Å². The van der Waals surface area contributed by atoms with Crippen LogP contribution in [0.25, 0.3) is 87.7 Å². The number of rotatable bonds is 4. The van der Waals surface area contributed by atoms with Gasteiger partial charge < -0.3 is 4.42 Å². The van der Waals surface area contributed by atoms with Gasteiger partial charge in [0.2, 0.25) is 5.71 Å². The van der Waals surface area contributed by atoms with Crippen molar-refractivity contribution < 1.29 is 4.42 Å². The fourth-order valence-electron chi connectivity index (χ4n) is 5.85. The Balaban J connectivity index is 1.31. The molecule has 0 spiro atoms. The first-order chi connectivity index (χ1) is 21.8.